The zero-order valence-corrected chi connectivity index (χ0v) is 20.6. The van der Waals surface area contributed by atoms with Crippen LogP contribution in [0.3, 0.4) is 0 Å². The summed E-state index contributed by atoms with van der Waals surface area (Å²) in [6.07, 6.45) is 2.09. The number of fused-ring (bicyclic) bond motifs is 1. The Morgan fingerprint density at radius 2 is 1.85 bits per heavy atom. The van der Waals surface area contributed by atoms with Crippen LogP contribution in [0.25, 0.3) is 11.0 Å². The number of benzene rings is 2. The van der Waals surface area contributed by atoms with Crippen LogP contribution in [0.4, 0.5) is 0 Å². The predicted octanol–water partition coefficient (Wildman–Crippen LogP) is 5.30. The van der Waals surface area contributed by atoms with Gasteiger partial charge in [-0.05, 0) is 61.1 Å². The molecule has 3 aromatic rings. The van der Waals surface area contributed by atoms with Crippen molar-refractivity contribution in [2.45, 2.75) is 51.0 Å². The SMILES string of the molecule is Cc1cc2oc(=O)cc(COC(=O)c3ccccc3SCC(=O)N3CCCC3)c2cc1C(C)C. The molecule has 1 amide bonds. The molecule has 2 aromatic carbocycles. The fourth-order valence-electron chi connectivity index (χ4n) is 4.31. The van der Waals surface area contributed by atoms with E-state index in [4.69, 9.17) is 9.15 Å². The maximum Gasteiger partial charge on any atom is 0.339 e. The average Bonchev–Trinajstić information content (AvgIpc) is 3.35. The number of rotatable bonds is 7. The number of aryl methyl sites for hydroxylation is 1. The van der Waals surface area contributed by atoms with Crippen LogP contribution in [-0.2, 0) is 16.1 Å². The smallest absolute Gasteiger partial charge is 0.339 e. The van der Waals surface area contributed by atoms with Gasteiger partial charge in [-0.1, -0.05) is 26.0 Å². The molecule has 1 aliphatic heterocycles. The summed E-state index contributed by atoms with van der Waals surface area (Å²) in [7, 11) is 0. The number of thioether (sulfide) groups is 1. The van der Waals surface area contributed by atoms with Gasteiger partial charge >= 0.3 is 11.6 Å². The zero-order valence-electron chi connectivity index (χ0n) is 19.8. The van der Waals surface area contributed by atoms with E-state index in [2.05, 4.69) is 13.8 Å². The van der Waals surface area contributed by atoms with E-state index >= 15 is 0 Å². The summed E-state index contributed by atoms with van der Waals surface area (Å²) >= 11 is 1.35. The highest BCUT2D eigenvalue weighted by molar-refractivity contribution is 8.00. The summed E-state index contributed by atoms with van der Waals surface area (Å²) in [6.45, 7) is 7.77. The minimum absolute atomic E-state index is 0.0484. The van der Waals surface area contributed by atoms with Crippen LogP contribution in [0.2, 0.25) is 0 Å². The highest BCUT2D eigenvalue weighted by Gasteiger charge is 2.20. The first kappa shape index (κ1) is 24.1. The average molecular weight is 480 g/mol. The summed E-state index contributed by atoms with van der Waals surface area (Å²) in [6, 6.07) is 12.4. The topological polar surface area (TPSA) is 76.8 Å². The third kappa shape index (κ3) is 5.36. The van der Waals surface area contributed by atoms with Gasteiger partial charge in [0.1, 0.15) is 12.2 Å². The number of amides is 1. The number of carbonyl (C=O) groups excluding carboxylic acids is 2. The Balaban J connectivity index is 1.51. The van der Waals surface area contributed by atoms with Crippen molar-refractivity contribution in [3.05, 3.63) is 75.1 Å². The summed E-state index contributed by atoms with van der Waals surface area (Å²) in [5.41, 5.74) is 3.22. The zero-order chi connectivity index (χ0) is 24.2. The molecule has 1 aliphatic rings. The van der Waals surface area contributed by atoms with E-state index in [9.17, 15) is 14.4 Å². The summed E-state index contributed by atoms with van der Waals surface area (Å²) in [4.78, 5) is 40.1. The van der Waals surface area contributed by atoms with E-state index in [0.717, 1.165) is 42.4 Å². The summed E-state index contributed by atoms with van der Waals surface area (Å²) < 4.78 is 11.0. The third-order valence-electron chi connectivity index (χ3n) is 6.11. The Labute approximate surface area is 203 Å². The molecule has 1 saturated heterocycles. The molecule has 0 aliphatic carbocycles. The minimum atomic E-state index is -0.491. The standard InChI is InChI=1S/C27H29NO5S/c1-17(2)21-14-22-19(13-26(30)33-23(22)12-18(21)3)15-32-27(31)20-8-4-5-9-24(20)34-16-25(29)28-10-6-7-11-28/h4-5,8-9,12-14,17H,6-7,10-11,15-16H2,1-3H3. The van der Waals surface area contributed by atoms with E-state index in [0.29, 0.717) is 27.5 Å². The number of carbonyl (C=O) groups is 2. The van der Waals surface area contributed by atoms with Crippen LogP contribution in [-0.4, -0.2) is 35.6 Å². The lowest BCUT2D eigenvalue weighted by molar-refractivity contribution is -0.127. The first-order chi connectivity index (χ1) is 16.3. The maximum atomic E-state index is 13.0. The van der Waals surface area contributed by atoms with E-state index in [-0.39, 0.29) is 18.3 Å². The summed E-state index contributed by atoms with van der Waals surface area (Å²) in [5.74, 6) is 0.184. The van der Waals surface area contributed by atoms with Gasteiger partial charge in [0.25, 0.3) is 0 Å². The fraction of sp³-hybridized carbons (Fsp3) is 0.370. The van der Waals surface area contributed by atoms with Crippen LogP contribution >= 0.6 is 11.8 Å². The van der Waals surface area contributed by atoms with E-state index in [1.54, 1.807) is 12.1 Å². The Morgan fingerprint density at radius 3 is 2.59 bits per heavy atom. The van der Waals surface area contributed by atoms with Gasteiger partial charge < -0.3 is 14.1 Å². The molecular weight excluding hydrogens is 450 g/mol. The van der Waals surface area contributed by atoms with Crippen molar-refractivity contribution in [2.75, 3.05) is 18.8 Å². The second-order valence-corrected chi connectivity index (χ2v) is 9.92. The molecular formula is C27H29NO5S. The Morgan fingerprint density at radius 1 is 1.12 bits per heavy atom. The van der Waals surface area contributed by atoms with Gasteiger partial charge in [-0.3, -0.25) is 4.79 Å². The number of likely N-dealkylation sites (tertiary alicyclic amines) is 1. The lowest BCUT2D eigenvalue weighted by atomic mass is 9.95. The second-order valence-electron chi connectivity index (χ2n) is 8.90. The number of ether oxygens (including phenoxy) is 1. The van der Waals surface area contributed by atoms with Crippen LogP contribution in [0, 0.1) is 6.92 Å². The Kier molecular flexibility index (Phi) is 7.41. The highest BCUT2D eigenvalue weighted by atomic mass is 32.2. The number of esters is 1. The highest BCUT2D eigenvalue weighted by Crippen LogP contribution is 2.28. The van der Waals surface area contributed by atoms with Crippen molar-refractivity contribution in [3.8, 4) is 0 Å². The molecule has 0 spiro atoms. The molecule has 178 valence electrons. The Hall–Kier alpha value is -3.06. The van der Waals surface area contributed by atoms with Crippen LogP contribution < -0.4 is 5.63 Å². The van der Waals surface area contributed by atoms with Gasteiger partial charge in [0, 0.05) is 35.0 Å². The van der Waals surface area contributed by atoms with E-state index in [1.807, 2.05) is 36.1 Å². The van der Waals surface area contributed by atoms with Gasteiger partial charge in [-0.2, -0.15) is 0 Å². The molecule has 34 heavy (non-hydrogen) atoms. The Bertz CT molecular complexity index is 1270. The first-order valence-corrected chi connectivity index (χ1v) is 12.6. The van der Waals surface area contributed by atoms with Crippen LogP contribution in [0.1, 0.15) is 59.7 Å². The number of hydrogen-bond donors (Lipinski definition) is 0. The number of hydrogen-bond acceptors (Lipinski definition) is 6. The van der Waals surface area contributed by atoms with Crippen molar-refractivity contribution in [1.29, 1.82) is 0 Å². The van der Waals surface area contributed by atoms with Crippen molar-refractivity contribution in [3.63, 3.8) is 0 Å². The molecule has 1 aromatic heterocycles. The molecule has 4 rings (SSSR count). The van der Waals surface area contributed by atoms with Crippen molar-refractivity contribution < 1.29 is 18.7 Å². The molecule has 0 N–H and O–H groups in total. The molecule has 0 radical (unpaired) electrons. The van der Waals surface area contributed by atoms with Gasteiger partial charge in [-0.15, -0.1) is 11.8 Å². The van der Waals surface area contributed by atoms with Gasteiger partial charge in [0.15, 0.2) is 0 Å². The fourth-order valence-corrected chi connectivity index (χ4v) is 5.26. The van der Waals surface area contributed by atoms with Crippen LogP contribution in [0.5, 0.6) is 0 Å². The third-order valence-corrected chi connectivity index (χ3v) is 7.17. The van der Waals surface area contributed by atoms with E-state index in [1.165, 1.54) is 17.8 Å². The molecule has 0 unspecified atom stereocenters. The van der Waals surface area contributed by atoms with Crippen molar-refractivity contribution in [1.82, 2.24) is 4.90 Å². The molecule has 7 heteroatoms. The van der Waals surface area contributed by atoms with E-state index < -0.39 is 11.6 Å². The first-order valence-electron chi connectivity index (χ1n) is 11.6. The van der Waals surface area contributed by atoms with Crippen LogP contribution in [0.15, 0.2) is 56.6 Å². The minimum Gasteiger partial charge on any atom is -0.457 e. The monoisotopic (exact) mass is 479 g/mol. The number of nitrogens with zero attached hydrogens (tertiary/aromatic N) is 1. The molecule has 0 atom stereocenters. The normalized spacial score (nSPS) is 13.6. The van der Waals surface area contributed by atoms with Gasteiger partial charge in [0.2, 0.25) is 5.91 Å². The molecule has 0 saturated carbocycles. The molecule has 2 heterocycles. The van der Waals surface area contributed by atoms with Gasteiger partial charge in [0.05, 0.1) is 11.3 Å². The quantitative estimate of drug-likeness (QED) is 0.260. The maximum absolute atomic E-state index is 13.0. The molecule has 6 nitrogen and oxygen atoms in total. The lowest BCUT2D eigenvalue weighted by Crippen LogP contribution is -2.29. The van der Waals surface area contributed by atoms with Gasteiger partial charge in [-0.25, -0.2) is 9.59 Å². The van der Waals surface area contributed by atoms with Crippen molar-refractivity contribution >= 4 is 34.6 Å². The largest absolute Gasteiger partial charge is 0.457 e. The summed E-state index contributed by atoms with van der Waals surface area (Å²) in [5, 5.41) is 0.764. The second kappa shape index (κ2) is 10.5. The predicted molar refractivity (Wildman–Crippen MR) is 133 cm³/mol. The molecule has 1 fully saturated rings. The van der Waals surface area contributed by atoms with Crippen molar-refractivity contribution in [2.24, 2.45) is 0 Å². The lowest BCUT2D eigenvalue weighted by Gasteiger charge is -2.15. The molecule has 0 bridgehead atoms.